The predicted octanol–water partition coefficient (Wildman–Crippen LogP) is 3.79. The van der Waals surface area contributed by atoms with Crippen molar-refractivity contribution in [3.8, 4) is 0 Å². The zero-order valence-corrected chi connectivity index (χ0v) is 10.8. The van der Waals surface area contributed by atoms with E-state index in [4.69, 9.17) is 0 Å². The molecule has 13 heavy (non-hydrogen) atoms. The minimum Gasteiger partial charge on any atom is -0.306 e. The van der Waals surface area contributed by atoms with Gasteiger partial charge in [0.15, 0.2) is 0 Å². The van der Waals surface area contributed by atoms with Crippen molar-refractivity contribution < 1.29 is 0 Å². The van der Waals surface area contributed by atoms with Gasteiger partial charge in [-0.15, -0.1) is 0 Å². The molecule has 0 spiro atoms. The zero-order chi connectivity index (χ0) is 10.9. The van der Waals surface area contributed by atoms with Crippen LogP contribution >= 0.6 is 0 Å². The summed E-state index contributed by atoms with van der Waals surface area (Å²) in [5.74, 6) is 0. The first kappa shape index (κ1) is 15.4. The fourth-order valence-electron chi connectivity index (χ4n) is 1.13. The van der Waals surface area contributed by atoms with Crippen molar-refractivity contribution in [2.24, 2.45) is 5.41 Å². The van der Waals surface area contributed by atoms with Crippen LogP contribution < -0.4 is 0 Å². The Labute approximate surface area is 85.5 Å². The fourth-order valence-corrected chi connectivity index (χ4v) is 1.13. The minimum absolute atomic E-state index is 0.699. The van der Waals surface area contributed by atoms with Crippen LogP contribution in [0.3, 0.4) is 0 Å². The second-order valence-corrected chi connectivity index (χ2v) is 3.64. The molecule has 0 saturated heterocycles. The maximum Gasteiger partial charge on any atom is 0.00322 e. The lowest BCUT2D eigenvalue weighted by Crippen LogP contribution is -2.24. The smallest absolute Gasteiger partial charge is 0.00322 e. The van der Waals surface area contributed by atoms with Crippen molar-refractivity contribution in [3.63, 3.8) is 0 Å². The molecule has 1 aliphatic rings. The molecule has 0 aliphatic heterocycles. The van der Waals surface area contributed by atoms with E-state index < -0.39 is 0 Å². The Morgan fingerprint density at radius 1 is 1.08 bits per heavy atom. The Morgan fingerprint density at radius 3 is 1.69 bits per heavy atom. The highest BCUT2D eigenvalue weighted by Gasteiger charge is 2.37. The zero-order valence-electron chi connectivity index (χ0n) is 10.8. The van der Waals surface area contributed by atoms with Crippen molar-refractivity contribution in [3.05, 3.63) is 0 Å². The molecule has 1 aliphatic carbocycles. The Hall–Kier alpha value is -0.0400. The quantitative estimate of drug-likeness (QED) is 0.650. The number of hydrogen-bond donors (Lipinski definition) is 0. The lowest BCUT2D eigenvalue weighted by atomic mass is 10.1. The van der Waals surface area contributed by atoms with Gasteiger partial charge < -0.3 is 4.90 Å². The highest BCUT2D eigenvalue weighted by atomic mass is 15.1. The SMILES string of the molecule is CC.CC.CCN(C)CC1(C)CC1. The first-order valence-corrected chi connectivity index (χ1v) is 5.85. The van der Waals surface area contributed by atoms with Gasteiger partial charge in [-0.3, -0.25) is 0 Å². The number of hydrogen-bond acceptors (Lipinski definition) is 1. The first-order chi connectivity index (χ1) is 6.16. The number of nitrogens with zero attached hydrogens (tertiary/aromatic N) is 1. The van der Waals surface area contributed by atoms with E-state index in [1.54, 1.807) is 0 Å². The van der Waals surface area contributed by atoms with Gasteiger partial charge in [0.25, 0.3) is 0 Å². The second-order valence-electron chi connectivity index (χ2n) is 3.64. The molecule has 82 valence electrons. The lowest BCUT2D eigenvalue weighted by molar-refractivity contribution is 0.287. The summed E-state index contributed by atoms with van der Waals surface area (Å²) >= 11 is 0. The summed E-state index contributed by atoms with van der Waals surface area (Å²) in [4.78, 5) is 2.40. The van der Waals surface area contributed by atoms with E-state index in [-0.39, 0.29) is 0 Å². The summed E-state index contributed by atoms with van der Waals surface area (Å²) in [5, 5.41) is 0. The van der Waals surface area contributed by atoms with Gasteiger partial charge in [-0.05, 0) is 31.8 Å². The van der Waals surface area contributed by atoms with E-state index in [2.05, 4.69) is 25.8 Å². The van der Waals surface area contributed by atoms with Gasteiger partial charge in [0.2, 0.25) is 0 Å². The highest BCUT2D eigenvalue weighted by molar-refractivity contribution is 4.90. The van der Waals surface area contributed by atoms with Gasteiger partial charge in [-0.1, -0.05) is 41.5 Å². The molecule has 1 saturated carbocycles. The predicted molar refractivity (Wildman–Crippen MR) is 63.2 cm³/mol. The molecule has 1 nitrogen and oxygen atoms in total. The third kappa shape index (κ3) is 8.29. The van der Waals surface area contributed by atoms with Gasteiger partial charge in [-0.2, -0.15) is 0 Å². The van der Waals surface area contributed by atoms with Crippen LogP contribution in [0.2, 0.25) is 0 Å². The molecule has 0 unspecified atom stereocenters. The first-order valence-electron chi connectivity index (χ1n) is 5.85. The molecule has 0 aromatic rings. The van der Waals surface area contributed by atoms with Crippen molar-refractivity contribution in [2.75, 3.05) is 20.1 Å². The Balaban J connectivity index is 0. The molecular formula is C12H29N. The van der Waals surface area contributed by atoms with Crippen molar-refractivity contribution in [2.45, 2.75) is 54.4 Å². The van der Waals surface area contributed by atoms with Crippen LogP contribution in [-0.2, 0) is 0 Å². The van der Waals surface area contributed by atoms with E-state index in [1.807, 2.05) is 27.7 Å². The average Bonchev–Trinajstić information content (AvgIpc) is 2.90. The molecular weight excluding hydrogens is 158 g/mol. The normalized spacial score (nSPS) is 16.6. The molecule has 1 fully saturated rings. The maximum absolute atomic E-state index is 2.40. The van der Waals surface area contributed by atoms with Gasteiger partial charge in [0.05, 0.1) is 0 Å². The van der Waals surface area contributed by atoms with E-state index in [9.17, 15) is 0 Å². The molecule has 1 heteroatoms. The van der Waals surface area contributed by atoms with Crippen LogP contribution in [-0.4, -0.2) is 25.0 Å². The van der Waals surface area contributed by atoms with E-state index in [0.29, 0.717) is 5.41 Å². The third-order valence-electron chi connectivity index (χ3n) is 2.30. The molecule has 0 aromatic heterocycles. The molecule has 0 aromatic carbocycles. The van der Waals surface area contributed by atoms with Crippen LogP contribution in [0.25, 0.3) is 0 Å². The van der Waals surface area contributed by atoms with Crippen LogP contribution in [0.4, 0.5) is 0 Å². The molecule has 1 rings (SSSR count). The summed E-state index contributed by atoms with van der Waals surface area (Å²) in [6.07, 6.45) is 2.88. The topological polar surface area (TPSA) is 3.24 Å². The molecule has 0 N–H and O–H groups in total. The van der Waals surface area contributed by atoms with Crippen LogP contribution in [0.5, 0.6) is 0 Å². The molecule has 0 radical (unpaired) electrons. The van der Waals surface area contributed by atoms with Crippen LogP contribution in [0.1, 0.15) is 54.4 Å². The Morgan fingerprint density at radius 2 is 1.46 bits per heavy atom. The molecule has 0 atom stereocenters. The third-order valence-corrected chi connectivity index (χ3v) is 2.30. The number of rotatable bonds is 3. The Kier molecular flexibility index (Phi) is 10.2. The summed E-state index contributed by atoms with van der Waals surface area (Å²) in [6.45, 7) is 15.1. The van der Waals surface area contributed by atoms with Gasteiger partial charge in [0.1, 0.15) is 0 Å². The van der Waals surface area contributed by atoms with E-state index in [0.717, 1.165) is 0 Å². The van der Waals surface area contributed by atoms with Gasteiger partial charge in [0, 0.05) is 6.54 Å². The van der Waals surface area contributed by atoms with Crippen molar-refractivity contribution >= 4 is 0 Å². The van der Waals surface area contributed by atoms with Crippen LogP contribution in [0.15, 0.2) is 0 Å². The Bertz CT molecular complexity index is 95.3. The molecule has 0 amide bonds. The van der Waals surface area contributed by atoms with Gasteiger partial charge >= 0.3 is 0 Å². The fraction of sp³-hybridized carbons (Fsp3) is 1.00. The van der Waals surface area contributed by atoms with Crippen molar-refractivity contribution in [1.29, 1.82) is 0 Å². The summed E-state index contributed by atoms with van der Waals surface area (Å²) in [7, 11) is 2.20. The molecule has 0 bridgehead atoms. The lowest BCUT2D eigenvalue weighted by Gasteiger charge is -2.17. The maximum atomic E-state index is 2.40. The largest absolute Gasteiger partial charge is 0.306 e. The monoisotopic (exact) mass is 187 g/mol. The van der Waals surface area contributed by atoms with Gasteiger partial charge in [-0.25, -0.2) is 0 Å². The average molecular weight is 187 g/mol. The summed E-state index contributed by atoms with van der Waals surface area (Å²) in [6, 6.07) is 0. The van der Waals surface area contributed by atoms with Crippen molar-refractivity contribution in [1.82, 2.24) is 4.90 Å². The van der Waals surface area contributed by atoms with E-state index in [1.165, 1.54) is 25.9 Å². The standard InChI is InChI=1S/C8H17N.2C2H6/c1-4-9(3)7-8(2)5-6-8;2*1-2/h4-7H2,1-3H3;2*1-2H3. The molecule has 0 heterocycles. The second kappa shape index (κ2) is 8.55. The van der Waals surface area contributed by atoms with E-state index >= 15 is 0 Å². The summed E-state index contributed by atoms with van der Waals surface area (Å²) in [5.41, 5.74) is 0.699. The summed E-state index contributed by atoms with van der Waals surface area (Å²) < 4.78 is 0. The van der Waals surface area contributed by atoms with Crippen LogP contribution in [0, 0.1) is 5.41 Å². The minimum atomic E-state index is 0.699. The highest BCUT2D eigenvalue weighted by Crippen LogP contribution is 2.45.